The van der Waals surface area contributed by atoms with Crippen LogP contribution in [0.1, 0.15) is 17.3 Å². The first kappa shape index (κ1) is 16.3. The Hall–Kier alpha value is -2.19. The van der Waals surface area contributed by atoms with Crippen molar-refractivity contribution in [3.63, 3.8) is 0 Å². The largest absolute Gasteiger partial charge is 0.373 e. The third-order valence-electron chi connectivity index (χ3n) is 5.16. The van der Waals surface area contributed by atoms with Gasteiger partial charge < -0.3 is 9.64 Å². The third-order valence-corrected chi connectivity index (χ3v) is 5.16. The molecule has 0 bridgehead atoms. The molecule has 0 aromatic carbocycles. The highest BCUT2D eigenvalue weighted by Gasteiger charge is 2.41. The number of ether oxygens (including phenoxy) is 1. The van der Waals surface area contributed by atoms with E-state index in [0.717, 1.165) is 25.3 Å². The van der Waals surface area contributed by atoms with Crippen LogP contribution in [0.3, 0.4) is 0 Å². The topological polar surface area (TPSA) is 68.4 Å². The Balaban J connectivity index is 1.61. The minimum Gasteiger partial charge on any atom is -0.373 e. The van der Waals surface area contributed by atoms with E-state index in [4.69, 9.17) is 4.74 Å². The summed E-state index contributed by atoms with van der Waals surface area (Å²) in [4.78, 5) is 17.3. The standard InChI is InChI=1S/C17H24N6O2/c1-4-23-8-12(7-18-23)16-13(9-21(3)19-16)17(24)22-10-14-15(11-22)25-6-5-20(14)2/h7-9,14-15H,4-6,10-11H2,1-3H3/t14-,15+/m0/s1. The molecular weight excluding hydrogens is 320 g/mol. The summed E-state index contributed by atoms with van der Waals surface area (Å²) >= 11 is 0. The number of likely N-dealkylation sites (N-methyl/N-ethyl adjacent to an activating group) is 1. The maximum Gasteiger partial charge on any atom is 0.257 e. The molecule has 0 spiro atoms. The molecule has 2 atom stereocenters. The van der Waals surface area contributed by atoms with E-state index in [1.165, 1.54) is 0 Å². The second kappa shape index (κ2) is 6.27. The van der Waals surface area contributed by atoms with Gasteiger partial charge in [0.15, 0.2) is 0 Å². The quantitative estimate of drug-likeness (QED) is 0.809. The number of rotatable bonds is 3. The van der Waals surface area contributed by atoms with Gasteiger partial charge in [0.05, 0.1) is 30.5 Å². The number of carbonyl (C=O) groups is 1. The maximum atomic E-state index is 13.2. The monoisotopic (exact) mass is 344 g/mol. The molecule has 2 aliphatic rings. The highest BCUT2D eigenvalue weighted by molar-refractivity contribution is 6.00. The highest BCUT2D eigenvalue weighted by atomic mass is 16.5. The van der Waals surface area contributed by atoms with Crippen LogP contribution in [0.2, 0.25) is 0 Å². The van der Waals surface area contributed by atoms with Crippen molar-refractivity contribution in [3.8, 4) is 11.3 Å². The van der Waals surface area contributed by atoms with Crippen molar-refractivity contribution in [2.45, 2.75) is 25.6 Å². The van der Waals surface area contributed by atoms with Gasteiger partial charge in [0, 0.05) is 51.2 Å². The van der Waals surface area contributed by atoms with Crippen LogP contribution in [-0.4, -0.2) is 80.7 Å². The Kier molecular flexibility index (Phi) is 4.09. The number of nitrogens with zero attached hydrogens (tertiary/aromatic N) is 6. The zero-order valence-corrected chi connectivity index (χ0v) is 14.9. The van der Waals surface area contributed by atoms with E-state index in [1.807, 2.05) is 29.7 Å². The summed E-state index contributed by atoms with van der Waals surface area (Å²) in [7, 11) is 3.94. The summed E-state index contributed by atoms with van der Waals surface area (Å²) in [5.41, 5.74) is 2.19. The number of amides is 1. The molecule has 0 radical (unpaired) electrons. The third kappa shape index (κ3) is 2.85. The molecule has 2 aliphatic heterocycles. The van der Waals surface area contributed by atoms with Crippen LogP contribution in [0.4, 0.5) is 0 Å². The van der Waals surface area contributed by atoms with Crippen LogP contribution in [0, 0.1) is 0 Å². The zero-order chi connectivity index (χ0) is 17.6. The second-order valence-electron chi connectivity index (χ2n) is 6.82. The Labute approximate surface area is 147 Å². The van der Waals surface area contributed by atoms with Gasteiger partial charge >= 0.3 is 0 Å². The van der Waals surface area contributed by atoms with E-state index in [1.54, 1.807) is 17.1 Å². The predicted molar refractivity (Wildman–Crippen MR) is 92.2 cm³/mol. The number of morpholine rings is 1. The molecule has 8 nitrogen and oxygen atoms in total. The van der Waals surface area contributed by atoms with E-state index in [2.05, 4.69) is 22.1 Å². The maximum absolute atomic E-state index is 13.2. The minimum absolute atomic E-state index is 0.0127. The van der Waals surface area contributed by atoms with Gasteiger partial charge in [-0.1, -0.05) is 0 Å². The second-order valence-corrected chi connectivity index (χ2v) is 6.82. The van der Waals surface area contributed by atoms with Crippen LogP contribution in [0.15, 0.2) is 18.6 Å². The molecule has 0 aliphatic carbocycles. The number of aromatic nitrogens is 4. The molecule has 8 heteroatoms. The Morgan fingerprint density at radius 2 is 2.16 bits per heavy atom. The lowest BCUT2D eigenvalue weighted by Gasteiger charge is -2.33. The van der Waals surface area contributed by atoms with Gasteiger partial charge in [-0.3, -0.25) is 19.1 Å². The Bertz CT molecular complexity index is 782. The van der Waals surface area contributed by atoms with Crippen LogP contribution in [0.5, 0.6) is 0 Å². The van der Waals surface area contributed by atoms with Crippen LogP contribution in [0.25, 0.3) is 11.3 Å². The smallest absolute Gasteiger partial charge is 0.257 e. The molecule has 0 unspecified atom stereocenters. The lowest BCUT2D eigenvalue weighted by molar-refractivity contribution is -0.0368. The fraction of sp³-hybridized carbons (Fsp3) is 0.588. The average Bonchev–Trinajstić information content (AvgIpc) is 3.31. The first-order valence-corrected chi connectivity index (χ1v) is 8.74. The summed E-state index contributed by atoms with van der Waals surface area (Å²) < 4.78 is 9.39. The Morgan fingerprint density at radius 1 is 1.32 bits per heavy atom. The van der Waals surface area contributed by atoms with Crippen molar-refractivity contribution in [1.29, 1.82) is 0 Å². The number of fused-ring (bicyclic) bond motifs is 1. The van der Waals surface area contributed by atoms with Crippen LogP contribution in [-0.2, 0) is 18.3 Å². The van der Waals surface area contributed by atoms with Gasteiger partial charge in [-0.15, -0.1) is 0 Å². The van der Waals surface area contributed by atoms with Gasteiger partial charge in [-0.2, -0.15) is 10.2 Å². The average molecular weight is 344 g/mol. The molecule has 1 amide bonds. The van der Waals surface area contributed by atoms with Gasteiger partial charge in [-0.25, -0.2) is 0 Å². The first-order valence-electron chi connectivity index (χ1n) is 8.74. The molecule has 2 aromatic heterocycles. The predicted octanol–water partition coefficient (Wildman–Crippen LogP) is 0.459. The van der Waals surface area contributed by atoms with Crippen molar-refractivity contribution in [1.82, 2.24) is 29.4 Å². The van der Waals surface area contributed by atoms with Crippen molar-refractivity contribution < 1.29 is 9.53 Å². The molecule has 2 aromatic rings. The van der Waals surface area contributed by atoms with Crippen molar-refractivity contribution in [3.05, 3.63) is 24.2 Å². The zero-order valence-electron chi connectivity index (χ0n) is 14.9. The minimum atomic E-state index is 0.0127. The number of likely N-dealkylation sites (tertiary alicyclic amines) is 1. The molecule has 4 rings (SSSR count). The first-order chi connectivity index (χ1) is 12.1. The van der Waals surface area contributed by atoms with E-state index in [-0.39, 0.29) is 18.1 Å². The number of aryl methyl sites for hydroxylation is 2. The van der Waals surface area contributed by atoms with E-state index >= 15 is 0 Å². The molecule has 4 heterocycles. The fourth-order valence-electron chi connectivity index (χ4n) is 3.71. The van der Waals surface area contributed by atoms with E-state index in [9.17, 15) is 4.79 Å². The van der Waals surface area contributed by atoms with Crippen molar-refractivity contribution in [2.24, 2.45) is 7.05 Å². The molecule has 2 fully saturated rings. The molecule has 0 N–H and O–H groups in total. The lowest BCUT2D eigenvalue weighted by Crippen LogP contribution is -2.48. The van der Waals surface area contributed by atoms with E-state index in [0.29, 0.717) is 24.3 Å². The van der Waals surface area contributed by atoms with Gasteiger partial charge in [0.1, 0.15) is 5.69 Å². The van der Waals surface area contributed by atoms with Crippen LogP contribution >= 0.6 is 0 Å². The van der Waals surface area contributed by atoms with Crippen molar-refractivity contribution >= 4 is 5.91 Å². The molecular formula is C17H24N6O2. The van der Waals surface area contributed by atoms with E-state index < -0.39 is 0 Å². The van der Waals surface area contributed by atoms with Gasteiger partial charge in [0.2, 0.25) is 0 Å². The van der Waals surface area contributed by atoms with Gasteiger partial charge in [0.25, 0.3) is 5.91 Å². The normalized spacial score (nSPS) is 23.9. The molecule has 25 heavy (non-hydrogen) atoms. The number of hydrogen-bond acceptors (Lipinski definition) is 5. The highest BCUT2D eigenvalue weighted by Crippen LogP contribution is 2.27. The summed E-state index contributed by atoms with van der Waals surface area (Å²) in [5.74, 6) is 0.0127. The molecule has 134 valence electrons. The molecule has 2 saturated heterocycles. The summed E-state index contributed by atoms with van der Waals surface area (Å²) in [6.45, 7) is 5.80. The summed E-state index contributed by atoms with van der Waals surface area (Å²) in [5, 5.41) is 8.80. The summed E-state index contributed by atoms with van der Waals surface area (Å²) in [6, 6.07) is 0.278. The fourth-order valence-corrected chi connectivity index (χ4v) is 3.71. The van der Waals surface area contributed by atoms with Crippen LogP contribution < -0.4 is 0 Å². The SMILES string of the molecule is CCn1cc(-c2nn(C)cc2C(=O)N2C[C@H]3OCCN(C)[C@H]3C2)cn1. The summed E-state index contributed by atoms with van der Waals surface area (Å²) in [6.07, 6.45) is 5.60. The lowest BCUT2D eigenvalue weighted by atomic mass is 10.1. The number of hydrogen-bond donors (Lipinski definition) is 0. The van der Waals surface area contributed by atoms with Gasteiger partial charge in [-0.05, 0) is 14.0 Å². The van der Waals surface area contributed by atoms with Crippen molar-refractivity contribution in [2.75, 3.05) is 33.3 Å². The molecule has 0 saturated carbocycles. The Morgan fingerprint density at radius 3 is 2.88 bits per heavy atom. The number of carbonyl (C=O) groups excluding carboxylic acids is 1.